The molecule has 0 aliphatic carbocycles. The maximum atomic E-state index is 12.7. The summed E-state index contributed by atoms with van der Waals surface area (Å²) in [5, 5.41) is 14.7. The Labute approximate surface area is 127 Å². The highest BCUT2D eigenvalue weighted by Crippen LogP contribution is 2.24. The van der Waals surface area contributed by atoms with Gasteiger partial charge in [0.05, 0.1) is 19.3 Å². The molecule has 0 aromatic carbocycles. The van der Waals surface area contributed by atoms with Gasteiger partial charge in [0.2, 0.25) is 0 Å². The zero-order chi connectivity index (χ0) is 15.9. The van der Waals surface area contributed by atoms with Gasteiger partial charge >= 0.3 is 0 Å². The first-order chi connectivity index (χ1) is 10.4. The van der Waals surface area contributed by atoms with Crippen LogP contribution in [0.25, 0.3) is 0 Å². The summed E-state index contributed by atoms with van der Waals surface area (Å²) in [5.74, 6) is 0.240. The molecule has 1 amide bonds. The summed E-state index contributed by atoms with van der Waals surface area (Å²) in [5.41, 5.74) is -1.21. The molecule has 3 rings (SSSR count). The van der Waals surface area contributed by atoms with E-state index in [1.54, 1.807) is 36.0 Å². The average molecular weight is 302 g/mol. The molecule has 3 heterocycles. The zero-order valence-corrected chi connectivity index (χ0v) is 12.6. The maximum absolute atomic E-state index is 12.7. The number of rotatable bonds is 3. The lowest BCUT2D eigenvalue weighted by atomic mass is 10.0. The molecule has 1 N–H and O–H groups in total. The van der Waals surface area contributed by atoms with Crippen LogP contribution in [0.2, 0.25) is 0 Å². The van der Waals surface area contributed by atoms with E-state index in [9.17, 15) is 14.7 Å². The van der Waals surface area contributed by atoms with Crippen LogP contribution in [0.5, 0.6) is 0 Å². The number of hydrogen-bond acceptors (Lipinski definition) is 4. The summed E-state index contributed by atoms with van der Waals surface area (Å²) in [6, 6.07) is 6.58. The molecule has 2 aromatic rings. The minimum Gasteiger partial charge on any atom is -0.378 e. The number of carbonyl (C=O) groups excluding carboxylic acids is 1. The summed E-state index contributed by atoms with van der Waals surface area (Å²) < 4.78 is 3.12. The van der Waals surface area contributed by atoms with E-state index in [2.05, 4.69) is 5.10 Å². The molecule has 7 nitrogen and oxygen atoms in total. The third-order valence-corrected chi connectivity index (χ3v) is 3.95. The van der Waals surface area contributed by atoms with Crippen molar-refractivity contribution in [3.8, 4) is 0 Å². The van der Waals surface area contributed by atoms with E-state index in [0.29, 0.717) is 24.6 Å². The van der Waals surface area contributed by atoms with Gasteiger partial charge in [0.15, 0.2) is 5.60 Å². The van der Waals surface area contributed by atoms with Crippen LogP contribution in [0.15, 0.2) is 35.3 Å². The van der Waals surface area contributed by atoms with Crippen molar-refractivity contribution in [1.82, 2.24) is 14.3 Å². The summed E-state index contributed by atoms with van der Waals surface area (Å²) in [6.07, 6.45) is 1.62. The van der Waals surface area contributed by atoms with Gasteiger partial charge in [-0.3, -0.25) is 14.5 Å². The molecule has 0 saturated carbocycles. The average Bonchev–Trinajstić information content (AvgIpc) is 3.05. The molecule has 1 unspecified atom stereocenters. The van der Waals surface area contributed by atoms with Crippen LogP contribution in [0.1, 0.15) is 12.6 Å². The van der Waals surface area contributed by atoms with Crippen LogP contribution >= 0.6 is 0 Å². The highest BCUT2D eigenvalue weighted by atomic mass is 16.3. The Kier molecular flexibility index (Phi) is 3.37. The fourth-order valence-corrected chi connectivity index (χ4v) is 2.73. The second kappa shape index (κ2) is 5.10. The van der Waals surface area contributed by atoms with Crippen LogP contribution in [0, 0.1) is 6.92 Å². The molecule has 0 spiro atoms. The van der Waals surface area contributed by atoms with E-state index in [1.807, 2.05) is 0 Å². The summed E-state index contributed by atoms with van der Waals surface area (Å²) in [4.78, 5) is 26.1. The van der Waals surface area contributed by atoms with E-state index in [-0.39, 0.29) is 12.1 Å². The first-order valence-electron chi connectivity index (χ1n) is 7.13. The topological polar surface area (TPSA) is 80.4 Å². The minimum atomic E-state index is -1.67. The first kappa shape index (κ1) is 14.5. The largest absolute Gasteiger partial charge is 0.378 e. The van der Waals surface area contributed by atoms with E-state index in [1.165, 1.54) is 22.5 Å². The highest BCUT2D eigenvalue weighted by Gasteiger charge is 2.38. The molecular formula is C15H18N4O3. The number of aromatic nitrogens is 3. The number of fused-ring (bicyclic) bond motifs is 1. The molecule has 1 aliphatic rings. The fourth-order valence-electron chi connectivity index (χ4n) is 2.73. The number of pyridine rings is 1. The van der Waals surface area contributed by atoms with E-state index >= 15 is 0 Å². The molecule has 7 heteroatoms. The third kappa shape index (κ3) is 2.33. The number of carbonyl (C=O) groups is 1. The SMILES string of the molecule is Cc1cccc(=O)n1CC(C)(O)C(=O)N1CCn2nccc21. The number of nitrogens with zero attached hydrogens (tertiary/aromatic N) is 4. The molecule has 22 heavy (non-hydrogen) atoms. The molecule has 1 atom stereocenters. The van der Waals surface area contributed by atoms with Crippen molar-refractivity contribution in [3.63, 3.8) is 0 Å². The first-order valence-corrected chi connectivity index (χ1v) is 7.13. The quantitative estimate of drug-likeness (QED) is 0.875. The van der Waals surface area contributed by atoms with Crippen LogP contribution < -0.4 is 10.5 Å². The lowest BCUT2D eigenvalue weighted by Crippen LogP contribution is -2.50. The van der Waals surface area contributed by atoms with Gasteiger partial charge in [-0.2, -0.15) is 5.10 Å². The Morgan fingerprint density at radius 1 is 1.36 bits per heavy atom. The number of hydrogen-bond donors (Lipinski definition) is 1. The van der Waals surface area contributed by atoms with Crippen LogP contribution in [0.4, 0.5) is 5.82 Å². The van der Waals surface area contributed by atoms with Gasteiger partial charge in [-0.25, -0.2) is 4.68 Å². The maximum Gasteiger partial charge on any atom is 0.261 e. The van der Waals surface area contributed by atoms with Gasteiger partial charge in [0.25, 0.3) is 11.5 Å². The van der Waals surface area contributed by atoms with Crippen LogP contribution in [-0.2, 0) is 17.9 Å². The molecule has 0 saturated heterocycles. The van der Waals surface area contributed by atoms with Crippen molar-refractivity contribution in [2.75, 3.05) is 11.4 Å². The zero-order valence-electron chi connectivity index (χ0n) is 12.6. The van der Waals surface area contributed by atoms with Crippen molar-refractivity contribution in [2.45, 2.75) is 32.5 Å². The summed E-state index contributed by atoms with van der Waals surface area (Å²) in [7, 11) is 0. The van der Waals surface area contributed by atoms with Gasteiger partial charge in [-0.15, -0.1) is 0 Å². The third-order valence-electron chi connectivity index (χ3n) is 3.95. The molecule has 116 valence electrons. The number of amides is 1. The molecular weight excluding hydrogens is 284 g/mol. The summed E-state index contributed by atoms with van der Waals surface area (Å²) >= 11 is 0. The number of aryl methyl sites for hydroxylation is 1. The lowest BCUT2D eigenvalue weighted by molar-refractivity contribution is -0.136. The normalized spacial score (nSPS) is 16.4. The monoisotopic (exact) mass is 302 g/mol. The van der Waals surface area contributed by atoms with E-state index in [4.69, 9.17) is 0 Å². The molecule has 1 aliphatic heterocycles. The number of anilines is 1. The van der Waals surface area contributed by atoms with Crippen molar-refractivity contribution >= 4 is 11.7 Å². The Bertz CT molecular complexity index is 775. The van der Waals surface area contributed by atoms with E-state index < -0.39 is 11.5 Å². The minimum absolute atomic E-state index is 0.0814. The molecule has 2 aromatic heterocycles. The number of aliphatic hydroxyl groups is 1. The second-order valence-electron chi connectivity index (χ2n) is 5.73. The van der Waals surface area contributed by atoms with Gasteiger partial charge in [0.1, 0.15) is 5.82 Å². The molecule has 0 bridgehead atoms. The van der Waals surface area contributed by atoms with Crippen molar-refractivity contribution in [3.05, 3.63) is 46.5 Å². The molecule has 0 fully saturated rings. The Hall–Kier alpha value is -2.41. The van der Waals surface area contributed by atoms with Crippen LogP contribution in [0.3, 0.4) is 0 Å². The second-order valence-corrected chi connectivity index (χ2v) is 5.73. The fraction of sp³-hybridized carbons (Fsp3) is 0.400. The predicted molar refractivity (Wildman–Crippen MR) is 80.6 cm³/mol. The lowest BCUT2D eigenvalue weighted by Gasteiger charge is -2.28. The van der Waals surface area contributed by atoms with Gasteiger partial charge < -0.3 is 9.67 Å². The van der Waals surface area contributed by atoms with Gasteiger partial charge in [-0.1, -0.05) is 6.07 Å². The van der Waals surface area contributed by atoms with Gasteiger partial charge in [-0.05, 0) is 19.9 Å². The summed E-state index contributed by atoms with van der Waals surface area (Å²) in [6.45, 7) is 4.21. The predicted octanol–water partition coefficient (Wildman–Crippen LogP) is 0.151. The Morgan fingerprint density at radius 3 is 2.86 bits per heavy atom. The molecule has 0 radical (unpaired) electrons. The van der Waals surface area contributed by atoms with Crippen molar-refractivity contribution < 1.29 is 9.90 Å². The van der Waals surface area contributed by atoms with Crippen molar-refractivity contribution in [2.24, 2.45) is 0 Å². The standard InChI is InChI=1S/C15H18N4O3/c1-11-4-3-5-13(20)18(11)10-15(2,22)14(21)17-8-9-19-12(17)6-7-16-19/h3-7,22H,8-10H2,1-2H3. The Morgan fingerprint density at radius 2 is 2.14 bits per heavy atom. The smallest absolute Gasteiger partial charge is 0.261 e. The van der Waals surface area contributed by atoms with Crippen molar-refractivity contribution in [1.29, 1.82) is 0 Å². The highest BCUT2D eigenvalue weighted by molar-refractivity contribution is 5.98. The van der Waals surface area contributed by atoms with Gasteiger partial charge in [0, 0.05) is 24.4 Å². The Balaban J connectivity index is 1.87. The van der Waals surface area contributed by atoms with E-state index in [0.717, 1.165) is 0 Å². The van der Waals surface area contributed by atoms with Crippen LogP contribution in [-0.4, -0.2) is 37.5 Å².